The van der Waals surface area contributed by atoms with Crippen LogP contribution in [0.15, 0.2) is 29.7 Å². The predicted octanol–water partition coefficient (Wildman–Crippen LogP) is 4.00. The Bertz CT molecular complexity index is 382. The first kappa shape index (κ1) is 11.5. The van der Waals surface area contributed by atoms with E-state index < -0.39 is 0 Å². The van der Waals surface area contributed by atoms with Gasteiger partial charge in [-0.3, -0.25) is 0 Å². The molecule has 4 unspecified atom stereocenters. The topological polar surface area (TPSA) is 12.0 Å². The molecule has 0 aromatic carbocycles. The Labute approximate surface area is 108 Å². The van der Waals surface area contributed by atoms with Crippen molar-refractivity contribution in [3.8, 4) is 0 Å². The SMILES string of the molecule is CCC(NCC1CC2C=CC1C2)c1cccs1. The smallest absolute Gasteiger partial charge is 0.0412 e. The second-order valence-corrected chi connectivity index (χ2v) is 6.40. The highest BCUT2D eigenvalue weighted by molar-refractivity contribution is 7.10. The van der Waals surface area contributed by atoms with Crippen molar-refractivity contribution in [3.63, 3.8) is 0 Å². The molecule has 1 N–H and O–H groups in total. The van der Waals surface area contributed by atoms with E-state index in [1.54, 1.807) is 0 Å². The lowest BCUT2D eigenvalue weighted by atomic mass is 9.93. The van der Waals surface area contributed by atoms with Crippen LogP contribution < -0.4 is 5.32 Å². The Morgan fingerprint density at radius 1 is 1.41 bits per heavy atom. The van der Waals surface area contributed by atoms with Crippen molar-refractivity contribution in [2.24, 2.45) is 17.8 Å². The Morgan fingerprint density at radius 3 is 2.94 bits per heavy atom. The molecule has 1 fully saturated rings. The number of nitrogens with one attached hydrogen (secondary N) is 1. The third kappa shape index (κ3) is 2.34. The van der Waals surface area contributed by atoms with Gasteiger partial charge in [-0.25, -0.2) is 0 Å². The second kappa shape index (κ2) is 4.95. The molecule has 3 rings (SSSR count). The van der Waals surface area contributed by atoms with Crippen LogP contribution in [0.1, 0.15) is 37.1 Å². The molecule has 0 spiro atoms. The van der Waals surface area contributed by atoms with Crippen LogP contribution >= 0.6 is 11.3 Å². The highest BCUT2D eigenvalue weighted by atomic mass is 32.1. The van der Waals surface area contributed by atoms with Crippen molar-refractivity contribution < 1.29 is 0 Å². The zero-order valence-electron chi connectivity index (χ0n) is 10.4. The molecule has 0 saturated heterocycles. The first-order valence-electron chi connectivity index (χ1n) is 6.82. The summed E-state index contributed by atoms with van der Waals surface area (Å²) >= 11 is 1.88. The van der Waals surface area contributed by atoms with E-state index in [0.717, 1.165) is 17.8 Å². The summed E-state index contributed by atoms with van der Waals surface area (Å²) in [7, 11) is 0. The average molecular weight is 247 g/mol. The lowest BCUT2D eigenvalue weighted by Gasteiger charge is -2.22. The summed E-state index contributed by atoms with van der Waals surface area (Å²) in [6.07, 6.45) is 8.90. The minimum absolute atomic E-state index is 0.568. The summed E-state index contributed by atoms with van der Waals surface area (Å²) in [4.78, 5) is 1.49. The lowest BCUT2D eigenvalue weighted by molar-refractivity contribution is 0.383. The Morgan fingerprint density at radius 2 is 2.35 bits per heavy atom. The van der Waals surface area contributed by atoms with Crippen LogP contribution in [-0.2, 0) is 0 Å². The first-order chi connectivity index (χ1) is 8.36. The first-order valence-corrected chi connectivity index (χ1v) is 7.70. The standard InChI is InChI=1S/C15H21NS/c1-2-14(15-4-3-7-17-15)16-10-13-9-11-5-6-12(13)8-11/h3-7,11-14,16H,2,8-10H2,1H3. The van der Waals surface area contributed by atoms with Crippen molar-refractivity contribution in [2.45, 2.75) is 32.2 Å². The van der Waals surface area contributed by atoms with Crippen molar-refractivity contribution in [1.82, 2.24) is 5.32 Å². The van der Waals surface area contributed by atoms with Crippen LogP contribution in [0.3, 0.4) is 0 Å². The summed E-state index contributed by atoms with van der Waals surface area (Å²) in [6.45, 7) is 3.47. The van der Waals surface area contributed by atoms with E-state index in [0.29, 0.717) is 6.04 Å². The molecule has 2 bridgehead atoms. The highest BCUT2D eigenvalue weighted by Gasteiger charge is 2.35. The third-order valence-electron chi connectivity index (χ3n) is 4.34. The maximum absolute atomic E-state index is 3.78. The van der Waals surface area contributed by atoms with Crippen molar-refractivity contribution in [1.29, 1.82) is 0 Å². The van der Waals surface area contributed by atoms with E-state index in [1.807, 2.05) is 11.3 Å². The molecule has 0 aliphatic heterocycles. The van der Waals surface area contributed by atoms with Gasteiger partial charge in [0.2, 0.25) is 0 Å². The number of hydrogen-bond donors (Lipinski definition) is 1. The Kier molecular flexibility index (Phi) is 3.34. The predicted molar refractivity (Wildman–Crippen MR) is 74.2 cm³/mol. The normalized spacial score (nSPS) is 32.2. The summed E-state index contributed by atoms with van der Waals surface area (Å²) < 4.78 is 0. The molecule has 1 aromatic rings. The maximum Gasteiger partial charge on any atom is 0.0412 e. The molecule has 2 aliphatic carbocycles. The average Bonchev–Trinajstić information content (AvgIpc) is 3.06. The zero-order valence-corrected chi connectivity index (χ0v) is 11.2. The molecule has 0 radical (unpaired) electrons. The van der Waals surface area contributed by atoms with E-state index in [1.165, 1.54) is 30.7 Å². The molecule has 2 aliphatic rings. The van der Waals surface area contributed by atoms with Crippen molar-refractivity contribution in [3.05, 3.63) is 34.5 Å². The van der Waals surface area contributed by atoms with Crippen molar-refractivity contribution >= 4 is 11.3 Å². The summed E-state index contributed by atoms with van der Waals surface area (Å²) in [5.74, 6) is 2.65. The molecular weight excluding hydrogens is 226 g/mol. The van der Waals surface area contributed by atoms with Gasteiger partial charge in [0.25, 0.3) is 0 Å². The van der Waals surface area contributed by atoms with Gasteiger partial charge in [0.05, 0.1) is 0 Å². The largest absolute Gasteiger partial charge is 0.309 e. The van der Waals surface area contributed by atoms with Crippen LogP contribution in [0.4, 0.5) is 0 Å². The second-order valence-electron chi connectivity index (χ2n) is 5.42. The van der Waals surface area contributed by atoms with Gasteiger partial charge in [0, 0.05) is 10.9 Å². The van der Waals surface area contributed by atoms with Gasteiger partial charge >= 0.3 is 0 Å². The van der Waals surface area contributed by atoms with Gasteiger partial charge in [-0.05, 0) is 55.0 Å². The molecule has 1 heterocycles. The molecule has 2 heteroatoms. The van der Waals surface area contributed by atoms with Crippen LogP contribution in [0.5, 0.6) is 0 Å². The summed E-state index contributed by atoms with van der Waals surface area (Å²) in [5.41, 5.74) is 0. The number of fused-ring (bicyclic) bond motifs is 2. The van der Waals surface area contributed by atoms with Crippen LogP contribution in [0.2, 0.25) is 0 Å². The quantitative estimate of drug-likeness (QED) is 0.775. The van der Waals surface area contributed by atoms with E-state index in [9.17, 15) is 0 Å². The van der Waals surface area contributed by atoms with E-state index in [4.69, 9.17) is 0 Å². The molecule has 1 nitrogen and oxygen atoms in total. The summed E-state index contributed by atoms with van der Waals surface area (Å²) in [5, 5.41) is 5.96. The van der Waals surface area contributed by atoms with Gasteiger partial charge in [-0.15, -0.1) is 11.3 Å². The minimum Gasteiger partial charge on any atom is -0.309 e. The monoisotopic (exact) mass is 247 g/mol. The van der Waals surface area contributed by atoms with Gasteiger partial charge in [-0.2, -0.15) is 0 Å². The molecule has 1 aromatic heterocycles. The van der Waals surface area contributed by atoms with E-state index in [2.05, 4.69) is 41.9 Å². The zero-order chi connectivity index (χ0) is 11.7. The number of rotatable bonds is 5. The fourth-order valence-electron chi connectivity index (χ4n) is 3.36. The summed E-state index contributed by atoms with van der Waals surface area (Å²) in [6, 6.07) is 4.98. The minimum atomic E-state index is 0.568. The Hall–Kier alpha value is -0.600. The van der Waals surface area contributed by atoms with Crippen LogP contribution in [0.25, 0.3) is 0 Å². The van der Waals surface area contributed by atoms with Gasteiger partial charge in [-0.1, -0.05) is 25.1 Å². The maximum atomic E-state index is 3.78. The van der Waals surface area contributed by atoms with Gasteiger partial charge < -0.3 is 5.32 Å². The van der Waals surface area contributed by atoms with E-state index >= 15 is 0 Å². The lowest BCUT2D eigenvalue weighted by Crippen LogP contribution is -2.28. The van der Waals surface area contributed by atoms with Crippen LogP contribution in [-0.4, -0.2) is 6.54 Å². The number of thiophene rings is 1. The molecule has 1 saturated carbocycles. The molecule has 4 atom stereocenters. The molecular formula is C15H21NS. The fraction of sp³-hybridized carbons (Fsp3) is 0.600. The van der Waals surface area contributed by atoms with Crippen molar-refractivity contribution in [2.75, 3.05) is 6.54 Å². The van der Waals surface area contributed by atoms with Gasteiger partial charge in [0.1, 0.15) is 0 Å². The number of hydrogen-bond acceptors (Lipinski definition) is 2. The van der Waals surface area contributed by atoms with Gasteiger partial charge in [0.15, 0.2) is 0 Å². The highest BCUT2D eigenvalue weighted by Crippen LogP contribution is 2.43. The third-order valence-corrected chi connectivity index (χ3v) is 5.32. The van der Waals surface area contributed by atoms with Crippen LogP contribution in [0, 0.1) is 17.8 Å². The Balaban J connectivity index is 1.55. The molecule has 0 amide bonds. The number of allylic oxidation sites excluding steroid dienone is 2. The molecule has 92 valence electrons. The fourth-order valence-corrected chi connectivity index (χ4v) is 4.24. The molecule has 17 heavy (non-hydrogen) atoms. The van der Waals surface area contributed by atoms with E-state index in [-0.39, 0.29) is 0 Å².